The Labute approximate surface area is 192 Å². The van der Waals surface area contributed by atoms with Crippen LogP contribution in [0.1, 0.15) is 58.5 Å². The van der Waals surface area contributed by atoms with Crippen LogP contribution in [0.5, 0.6) is 0 Å². The SMILES string of the molecule is CCc1nc(C)c2c(C)c(C(=O)Nc3ccc(C)c(S(=O)(=O)N4CCCCC4)c3)sc2n1. The monoisotopic (exact) mass is 472 g/mol. The molecular formula is C23H28N4O3S2. The summed E-state index contributed by atoms with van der Waals surface area (Å²) in [5.74, 6) is 0.488. The number of amides is 1. The van der Waals surface area contributed by atoms with Crippen molar-refractivity contribution in [2.45, 2.75) is 58.3 Å². The summed E-state index contributed by atoms with van der Waals surface area (Å²) in [5.41, 5.74) is 2.84. The molecule has 1 amide bonds. The Balaban J connectivity index is 1.65. The average Bonchev–Trinajstić information content (AvgIpc) is 3.12. The standard InChI is InChI=1S/C23H28N4O3S2/c1-5-19-24-16(4)20-15(3)21(31-23(20)26-19)22(28)25-17-10-9-14(2)18(13-17)32(29,30)27-11-7-6-8-12-27/h9-10,13H,5-8,11-12H2,1-4H3,(H,25,28). The Morgan fingerprint density at radius 3 is 2.53 bits per heavy atom. The predicted molar refractivity (Wildman–Crippen MR) is 128 cm³/mol. The number of nitrogens with zero attached hydrogens (tertiary/aromatic N) is 3. The van der Waals surface area contributed by atoms with Crippen molar-refractivity contribution in [1.82, 2.24) is 14.3 Å². The normalized spacial score (nSPS) is 15.2. The third-order valence-electron chi connectivity index (χ3n) is 5.92. The fourth-order valence-corrected chi connectivity index (χ4v) is 7.07. The number of hydrogen-bond donors (Lipinski definition) is 1. The molecule has 7 nitrogen and oxygen atoms in total. The van der Waals surface area contributed by atoms with E-state index in [1.807, 2.05) is 20.8 Å². The Kier molecular flexibility index (Phi) is 6.33. The first-order chi connectivity index (χ1) is 15.2. The van der Waals surface area contributed by atoms with Crippen molar-refractivity contribution in [2.75, 3.05) is 18.4 Å². The Hall–Kier alpha value is -2.36. The second-order valence-corrected chi connectivity index (χ2v) is 11.1. The second kappa shape index (κ2) is 8.88. The Bertz CT molecular complexity index is 1290. The van der Waals surface area contributed by atoms with Crippen LogP contribution < -0.4 is 5.32 Å². The van der Waals surface area contributed by atoms with Crippen molar-refractivity contribution in [2.24, 2.45) is 0 Å². The van der Waals surface area contributed by atoms with Crippen LogP contribution in [0.4, 0.5) is 5.69 Å². The van der Waals surface area contributed by atoms with E-state index in [0.717, 1.165) is 53.0 Å². The summed E-state index contributed by atoms with van der Waals surface area (Å²) >= 11 is 1.34. The molecule has 0 aliphatic carbocycles. The van der Waals surface area contributed by atoms with Gasteiger partial charge in [-0.15, -0.1) is 11.3 Å². The molecule has 0 atom stereocenters. The van der Waals surface area contributed by atoms with Gasteiger partial charge in [0.25, 0.3) is 5.91 Å². The van der Waals surface area contributed by atoms with Gasteiger partial charge in [0.15, 0.2) is 0 Å². The molecule has 0 bridgehead atoms. The maximum absolute atomic E-state index is 13.2. The molecule has 1 N–H and O–H groups in total. The molecule has 1 aliphatic rings. The van der Waals surface area contributed by atoms with Gasteiger partial charge in [0, 0.05) is 36.3 Å². The van der Waals surface area contributed by atoms with Crippen molar-refractivity contribution < 1.29 is 13.2 Å². The molecule has 0 spiro atoms. The number of aromatic nitrogens is 2. The maximum atomic E-state index is 13.2. The van der Waals surface area contributed by atoms with E-state index in [-0.39, 0.29) is 10.8 Å². The van der Waals surface area contributed by atoms with Gasteiger partial charge in [0.2, 0.25) is 10.0 Å². The molecule has 0 unspecified atom stereocenters. The molecule has 0 radical (unpaired) electrons. The zero-order valence-corrected chi connectivity index (χ0v) is 20.5. The number of rotatable bonds is 5. The molecule has 170 valence electrons. The van der Waals surface area contributed by atoms with Crippen LogP contribution in [-0.2, 0) is 16.4 Å². The highest BCUT2D eigenvalue weighted by molar-refractivity contribution is 7.89. The highest BCUT2D eigenvalue weighted by Gasteiger charge is 2.28. The Morgan fingerprint density at radius 1 is 1.12 bits per heavy atom. The van der Waals surface area contributed by atoms with E-state index >= 15 is 0 Å². The lowest BCUT2D eigenvalue weighted by atomic mass is 10.1. The van der Waals surface area contributed by atoms with Gasteiger partial charge in [0.1, 0.15) is 10.7 Å². The molecule has 32 heavy (non-hydrogen) atoms. The van der Waals surface area contributed by atoms with Gasteiger partial charge in [0.05, 0.1) is 9.77 Å². The molecule has 4 rings (SSSR count). The number of aryl methyl sites for hydroxylation is 4. The first-order valence-electron chi connectivity index (χ1n) is 10.9. The third kappa shape index (κ3) is 4.16. The molecular weight excluding hydrogens is 444 g/mol. The second-order valence-electron chi connectivity index (χ2n) is 8.21. The molecule has 1 aromatic carbocycles. The van der Waals surface area contributed by atoms with Crippen molar-refractivity contribution in [3.8, 4) is 0 Å². The fraction of sp³-hybridized carbons (Fsp3) is 0.435. The van der Waals surface area contributed by atoms with Crippen LogP contribution >= 0.6 is 11.3 Å². The molecule has 1 fully saturated rings. The lowest BCUT2D eigenvalue weighted by molar-refractivity contribution is 0.103. The highest BCUT2D eigenvalue weighted by atomic mass is 32.2. The van der Waals surface area contributed by atoms with Gasteiger partial charge in [-0.3, -0.25) is 4.79 Å². The van der Waals surface area contributed by atoms with Crippen molar-refractivity contribution in [1.29, 1.82) is 0 Å². The number of nitrogens with one attached hydrogen (secondary N) is 1. The summed E-state index contributed by atoms with van der Waals surface area (Å²) < 4.78 is 27.9. The topological polar surface area (TPSA) is 92.3 Å². The molecule has 0 saturated carbocycles. The number of hydrogen-bond acceptors (Lipinski definition) is 6. The van der Waals surface area contributed by atoms with Gasteiger partial charge in [-0.1, -0.05) is 19.4 Å². The number of carbonyl (C=O) groups is 1. The molecule has 1 aliphatic heterocycles. The van der Waals surface area contributed by atoms with Crippen LogP contribution in [0, 0.1) is 20.8 Å². The minimum absolute atomic E-state index is 0.250. The first-order valence-corrected chi connectivity index (χ1v) is 13.2. The number of anilines is 1. The molecule has 2 aromatic heterocycles. The number of thiophene rings is 1. The Morgan fingerprint density at radius 2 is 1.84 bits per heavy atom. The van der Waals surface area contributed by atoms with Gasteiger partial charge < -0.3 is 5.32 Å². The number of fused-ring (bicyclic) bond motifs is 1. The van der Waals surface area contributed by atoms with Crippen molar-refractivity contribution >= 4 is 43.2 Å². The summed E-state index contributed by atoms with van der Waals surface area (Å²) in [7, 11) is -3.59. The smallest absolute Gasteiger partial charge is 0.266 e. The lowest BCUT2D eigenvalue weighted by Gasteiger charge is -2.26. The zero-order chi connectivity index (χ0) is 23.0. The van der Waals surface area contributed by atoms with E-state index in [2.05, 4.69) is 15.3 Å². The third-order valence-corrected chi connectivity index (χ3v) is 9.14. The molecule has 1 saturated heterocycles. The largest absolute Gasteiger partial charge is 0.321 e. The zero-order valence-electron chi connectivity index (χ0n) is 18.9. The minimum Gasteiger partial charge on any atom is -0.321 e. The summed E-state index contributed by atoms with van der Waals surface area (Å²) in [6.45, 7) is 8.70. The van der Waals surface area contributed by atoms with E-state index < -0.39 is 10.0 Å². The van der Waals surface area contributed by atoms with E-state index in [0.29, 0.717) is 29.2 Å². The van der Waals surface area contributed by atoms with E-state index in [9.17, 15) is 13.2 Å². The fourth-order valence-electron chi connectivity index (χ4n) is 4.16. The lowest BCUT2D eigenvalue weighted by Crippen LogP contribution is -2.36. The van der Waals surface area contributed by atoms with E-state index in [1.54, 1.807) is 29.4 Å². The molecule has 9 heteroatoms. The number of sulfonamides is 1. The molecule has 3 aromatic rings. The predicted octanol–water partition coefficient (Wildman–Crippen LogP) is 4.61. The van der Waals surface area contributed by atoms with Crippen LogP contribution in [0.15, 0.2) is 23.1 Å². The van der Waals surface area contributed by atoms with E-state index in [4.69, 9.17) is 0 Å². The van der Waals surface area contributed by atoms with Crippen LogP contribution in [0.2, 0.25) is 0 Å². The van der Waals surface area contributed by atoms with Crippen LogP contribution in [0.25, 0.3) is 10.2 Å². The highest BCUT2D eigenvalue weighted by Crippen LogP contribution is 2.32. The van der Waals surface area contributed by atoms with Crippen LogP contribution in [0.3, 0.4) is 0 Å². The van der Waals surface area contributed by atoms with E-state index in [1.165, 1.54) is 11.3 Å². The first kappa shape index (κ1) is 22.8. The number of piperidine rings is 1. The van der Waals surface area contributed by atoms with Gasteiger partial charge in [-0.25, -0.2) is 18.4 Å². The summed E-state index contributed by atoms with van der Waals surface area (Å²) in [5, 5.41) is 3.80. The summed E-state index contributed by atoms with van der Waals surface area (Å²) in [6, 6.07) is 5.05. The van der Waals surface area contributed by atoms with Crippen LogP contribution in [-0.4, -0.2) is 41.7 Å². The number of benzene rings is 1. The van der Waals surface area contributed by atoms with Crippen molar-refractivity contribution in [3.05, 3.63) is 45.7 Å². The van der Waals surface area contributed by atoms with Gasteiger partial charge in [-0.2, -0.15) is 4.31 Å². The summed E-state index contributed by atoms with van der Waals surface area (Å²) in [6.07, 6.45) is 3.54. The number of carbonyl (C=O) groups excluding carboxylic acids is 1. The molecule has 3 heterocycles. The minimum atomic E-state index is -3.59. The maximum Gasteiger partial charge on any atom is 0.266 e. The average molecular weight is 473 g/mol. The quantitative estimate of drug-likeness (QED) is 0.586. The van der Waals surface area contributed by atoms with Crippen molar-refractivity contribution in [3.63, 3.8) is 0 Å². The summed E-state index contributed by atoms with van der Waals surface area (Å²) in [4.78, 5) is 23.8. The van der Waals surface area contributed by atoms with Gasteiger partial charge >= 0.3 is 0 Å². The van der Waals surface area contributed by atoms with Gasteiger partial charge in [-0.05, 0) is 56.9 Å².